The second-order valence-electron chi connectivity index (χ2n) is 7.63. The fourth-order valence-corrected chi connectivity index (χ4v) is 4.20. The molecule has 1 atom stereocenters. The molecule has 1 aliphatic heterocycles. The predicted molar refractivity (Wildman–Crippen MR) is 97.0 cm³/mol. The lowest BCUT2D eigenvalue weighted by molar-refractivity contribution is -0.154. The Morgan fingerprint density at radius 2 is 1.89 bits per heavy atom. The Hall–Kier alpha value is -1.34. The first-order valence-corrected chi connectivity index (χ1v) is 9.88. The first-order chi connectivity index (χ1) is 12.9. The average molecular weight is 386 g/mol. The Morgan fingerprint density at radius 1 is 1.15 bits per heavy atom. The van der Waals surface area contributed by atoms with E-state index in [1.54, 1.807) is 13.2 Å². The number of halogens is 3. The van der Waals surface area contributed by atoms with Crippen LogP contribution in [-0.2, 0) is 17.6 Å². The largest absolute Gasteiger partial charge is 0.468 e. The van der Waals surface area contributed by atoms with Crippen LogP contribution in [-0.4, -0.2) is 55.5 Å². The molecule has 1 aliphatic carbocycles. The number of nitrogens with zero attached hydrogens (tertiary/aromatic N) is 2. The molecule has 2 heterocycles. The summed E-state index contributed by atoms with van der Waals surface area (Å²) in [7, 11) is 1.80. The Bertz CT molecular complexity index is 603. The first-order valence-electron chi connectivity index (χ1n) is 9.88. The molecule has 1 saturated carbocycles. The summed E-state index contributed by atoms with van der Waals surface area (Å²) in [6.07, 6.45) is 3.88. The van der Waals surface area contributed by atoms with Gasteiger partial charge in [-0.25, -0.2) is 4.98 Å². The molecule has 0 aromatic carbocycles. The SMILES string of the molecule is COC(CN1CCc2ccc(OCC(F)(F)F)nc2CC1)C1CCCCC1. The normalized spacial score (nSPS) is 20.7. The minimum absolute atomic E-state index is 0.0523. The summed E-state index contributed by atoms with van der Waals surface area (Å²) in [5.41, 5.74) is 1.95. The van der Waals surface area contributed by atoms with Crippen LogP contribution in [0.4, 0.5) is 13.2 Å². The Labute approximate surface area is 159 Å². The van der Waals surface area contributed by atoms with Crippen molar-refractivity contribution in [2.24, 2.45) is 5.92 Å². The molecule has 1 aromatic rings. The molecule has 4 nitrogen and oxygen atoms in total. The zero-order valence-electron chi connectivity index (χ0n) is 15.9. The smallest absolute Gasteiger partial charge is 0.422 e. The number of hydrogen-bond acceptors (Lipinski definition) is 4. The highest BCUT2D eigenvalue weighted by molar-refractivity contribution is 5.27. The molecule has 0 saturated heterocycles. The maximum atomic E-state index is 12.3. The van der Waals surface area contributed by atoms with Crippen LogP contribution < -0.4 is 4.74 Å². The molecule has 1 aromatic heterocycles. The van der Waals surface area contributed by atoms with Crippen molar-refractivity contribution in [3.63, 3.8) is 0 Å². The Kier molecular flexibility index (Phi) is 6.98. The van der Waals surface area contributed by atoms with E-state index in [0.29, 0.717) is 5.92 Å². The van der Waals surface area contributed by atoms with Crippen molar-refractivity contribution in [1.82, 2.24) is 9.88 Å². The third kappa shape index (κ3) is 6.07. The Balaban J connectivity index is 1.57. The molecule has 152 valence electrons. The number of methoxy groups -OCH3 is 1. The van der Waals surface area contributed by atoms with Gasteiger partial charge in [0.25, 0.3) is 0 Å². The van der Waals surface area contributed by atoms with Gasteiger partial charge in [-0.05, 0) is 30.7 Å². The van der Waals surface area contributed by atoms with E-state index in [4.69, 9.17) is 9.47 Å². The van der Waals surface area contributed by atoms with Crippen LogP contribution in [0, 0.1) is 5.92 Å². The molecule has 3 rings (SSSR count). The van der Waals surface area contributed by atoms with Crippen molar-refractivity contribution in [2.75, 3.05) is 33.4 Å². The average Bonchev–Trinajstić information content (AvgIpc) is 2.86. The number of alkyl halides is 3. The van der Waals surface area contributed by atoms with Crippen molar-refractivity contribution in [2.45, 2.75) is 57.2 Å². The third-order valence-corrected chi connectivity index (χ3v) is 5.71. The number of fused-ring (bicyclic) bond motifs is 1. The van der Waals surface area contributed by atoms with Crippen molar-refractivity contribution in [3.8, 4) is 5.88 Å². The van der Waals surface area contributed by atoms with Crippen molar-refractivity contribution in [1.29, 1.82) is 0 Å². The molecule has 1 fully saturated rings. The summed E-state index contributed by atoms with van der Waals surface area (Å²) in [5.74, 6) is 0.686. The van der Waals surface area contributed by atoms with Gasteiger partial charge < -0.3 is 14.4 Å². The predicted octanol–water partition coefficient (Wildman–Crippen LogP) is 4.02. The first kappa shape index (κ1) is 20.4. The van der Waals surface area contributed by atoms with Crippen LogP contribution in [0.2, 0.25) is 0 Å². The molecule has 7 heteroatoms. The van der Waals surface area contributed by atoms with Crippen molar-refractivity contribution in [3.05, 3.63) is 23.4 Å². The van der Waals surface area contributed by atoms with Gasteiger partial charge in [0.15, 0.2) is 6.61 Å². The standard InChI is InChI=1S/C20H29F3N2O2/c1-26-18(16-5-3-2-4-6-16)13-25-11-9-15-7-8-19(24-17(15)10-12-25)27-14-20(21,22)23/h7-8,16,18H,2-6,9-14H2,1H3. The van der Waals surface area contributed by atoms with Crippen LogP contribution in [0.15, 0.2) is 12.1 Å². The van der Waals surface area contributed by atoms with Gasteiger partial charge in [-0.2, -0.15) is 13.2 Å². The zero-order chi connectivity index (χ0) is 19.3. The molecular weight excluding hydrogens is 357 g/mol. The summed E-state index contributed by atoms with van der Waals surface area (Å²) < 4.78 is 47.6. The van der Waals surface area contributed by atoms with Gasteiger partial charge in [-0.15, -0.1) is 0 Å². The third-order valence-electron chi connectivity index (χ3n) is 5.71. The molecule has 2 aliphatic rings. The molecule has 0 amide bonds. The van der Waals surface area contributed by atoms with E-state index in [-0.39, 0.29) is 12.0 Å². The minimum Gasteiger partial charge on any atom is -0.468 e. The fourth-order valence-electron chi connectivity index (χ4n) is 4.20. The number of pyridine rings is 1. The van der Waals surface area contributed by atoms with Crippen molar-refractivity contribution >= 4 is 0 Å². The minimum atomic E-state index is -4.35. The van der Waals surface area contributed by atoms with Gasteiger partial charge in [0.1, 0.15) is 0 Å². The molecule has 0 spiro atoms. The monoisotopic (exact) mass is 386 g/mol. The van der Waals surface area contributed by atoms with E-state index in [2.05, 4.69) is 9.88 Å². The number of hydrogen-bond donors (Lipinski definition) is 0. The lowest BCUT2D eigenvalue weighted by atomic mass is 9.85. The van der Waals surface area contributed by atoms with Gasteiger partial charge >= 0.3 is 6.18 Å². The molecule has 0 N–H and O–H groups in total. The molecule has 1 unspecified atom stereocenters. The summed E-state index contributed by atoms with van der Waals surface area (Å²) >= 11 is 0. The van der Waals surface area contributed by atoms with E-state index in [1.807, 2.05) is 6.07 Å². The summed E-state index contributed by atoms with van der Waals surface area (Å²) in [6, 6.07) is 3.40. The lowest BCUT2D eigenvalue weighted by Gasteiger charge is -2.33. The van der Waals surface area contributed by atoms with E-state index < -0.39 is 12.8 Å². The van der Waals surface area contributed by atoms with Crippen LogP contribution in [0.5, 0.6) is 5.88 Å². The molecule has 27 heavy (non-hydrogen) atoms. The molecule has 0 radical (unpaired) electrons. The highest BCUT2D eigenvalue weighted by atomic mass is 19.4. The van der Waals surface area contributed by atoms with Gasteiger partial charge in [0, 0.05) is 44.9 Å². The fraction of sp³-hybridized carbons (Fsp3) is 0.750. The highest BCUT2D eigenvalue weighted by Gasteiger charge is 2.29. The lowest BCUT2D eigenvalue weighted by Crippen LogP contribution is -2.39. The maximum Gasteiger partial charge on any atom is 0.422 e. The van der Waals surface area contributed by atoms with E-state index >= 15 is 0 Å². The maximum absolute atomic E-state index is 12.3. The van der Waals surface area contributed by atoms with Gasteiger partial charge in [0.05, 0.1) is 6.10 Å². The van der Waals surface area contributed by atoms with Crippen LogP contribution in [0.1, 0.15) is 43.4 Å². The second-order valence-corrected chi connectivity index (χ2v) is 7.63. The van der Waals surface area contributed by atoms with Crippen LogP contribution in [0.25, 0.3) is 0 Å². The summed E-state index contributed by atoms with van der Waals surface area (Å²) in [6.45, 7) is 1.37. The van der Waals surface area contributed by atoms with Crippen molar-refractivity contribution < 1.29 is 22.6 Å². The van der Waals surface area contributed by atoms with Crippen LogP contribution >= 0.6 is 0 Å². The quantitative estimate of drug-likeness (QED) is 0.740. The van der Waals surface area contributed by atoms with Crippen LogP contribution in [0.3, 0.4) is 0 Å². The number of rotatable bonds is 6. The van der Waals surface area contributed by atoms with Gasteiger partial charge in [-0.1, -0.05) is 25.3 Å². The van der Waals surface area contributed by atoms with E-state index in [0.717, 1.165) is 43.7 Å². The zero-order valence-corrected chi connectivity index (χ0v) is 15.9. The number of aromatic nitrogens is 1. The highest BCUT2D eigenvalue weighted by Crippen LogP contribution is 2.29. The summed E-state index contributed by atoms with van der Waals surface area (Å²) in [4.78, 5) is 6.72. The summed E-state index contributed by atoms with van der Waals surface area (Å²) in [5, 5.41) is 0. The van der Waals surface area contributed by atoms with E-state index in [9.17, 15) is 13.2 Å². The van der Waals surface area contributed by atoms with E-state index in [1.165, 1.54) is 32.1 Å². The second kappa shape index (κ2) is 9.24. The van der Waals surface area contributed by atoms with Gasteiger partial charge in [0.2, 0.25) is 5.88 Å². The molecule has 0 bridgehead atoms. The topological polar surface area (TPSA) is 34.6 Å². The van der Waals surface area contributed by atoms with Gasteiger partial charge in [-0.3, -0.25) is 0 Å². The Morgan fingerprint density at radius 3 is 2.59 bits per heavy atom. The number of ether oxygens (including phenoxy) is 2. The molecular formula is C20H29F3N2O2.